The normalized spacial score (nSPS) is 12.0. The van der Waals surface area contributed by atoms with E-state index < -0.39 is 12.6 Å². The molecule has 1 amide bonds. The van der Waals surface area contributed by atoms with Crippen molar-refractivity contribution < 1.29 is 18.0 Å². The topological polar surface area (TPSA) is 56.7 Å². The molecule has 0 aliphatic carbocycles. The lowest BCUT2D eigenvalue weighted by atomic mass is 10.2. The molecule has 2 N–H and O–H groups in total. The van der Waals surface area contributed by atoms with Gasteiger partial charge in [0.15, 0.2) is 5.96 Å². The fourth-order valence-corrected chi connectivity index (χ4v) is 1.29. The molecule has 21 heavy (non-hydrogen) atoms. The number of aliphatic imine (C=N–C) groups is 1. The minimum Gasteiger partial charge on any atom is -0.356 e. The van der Waals surface area contributed by atoms with Crippen LogP contribution in [0.5, 0.6) is 0 Å². The van der Waals surface area contributed by atoms with Gasteiger partial charge in [0.1, 0.15) is 6.54 Å². The molecule has 0 spiro atoms. The molecule has 0 bridgehead atoms. The van der Waals surface area contributed by atoms with Crippen LogP contribution < -0.4 is 10.6 Å². The SMILES string of the molecule is C=CCNC(=NCC(=O)N(C)C)NCCCCC(F)(F)F. The van der Waals surface area contributed by atoms with Crippen LogP contribution >= 0.6 is 0 Å². The highest BCUT2D eigenvalue weighted by atomic mass is 19.4. The van der Waals surface area contributed by atoms with Crippen LogP contribution in [0.4, 0.5) is 13.2 Å². The van der Waals surface area contributed by atoms with E-state index in [1.54, 1.807) is 20.2 Å². The second-order valence-corrected chi connectivity index (χ2v) is 4.62. The van der Waals surface area contributed by atoms with Crippen molar-refractivity contribution in [2.24, 2.45) is 4.99 Å². The van der Waals surface area contributed by atoms with Gasteiger partial charge < -0.3 is 15.5 Å². The molecule has 8 heteroatoms. The maximum atomic E-state index is 12.0. The molecule has 0 saturated carbocycles. The summed E-state index contributed by atoms with van der Waals surface area (Å²) in [4.78, 5) is 16.9. The van der Waals surface area contributed by atoms with Gasteiger partial charge in [0.05, 0.1) is 0 Å². The monoisotopic (exact) mass is 308 g/mol. The maximum Gasteiger partial charge on any atom is 0.389 e. The van der Waals surface area contributed by atoms with Crippen molar-refractivity contribution in [1.29, 1.82) is 0 Å². The molecule has 0 unspecified atom stereocenters. The van der Waals surface area contributed by atoms with E-state index in [2.05, 4.69) is 22.2 Å². The second-order valence-electron chi connectivity index (χ2n) is 4.62. The Morgan fingerprint density at radius 2 is 1.95 bits per heavy atom. The van der Waals surface area contributed by atoms with Crippen LogP contribution in [0.25, 0.3) is 0 Å². The summed E-state index contributed by atoms with van der Waals surface area (Å²) in [6, 6.07) is 0. The summed E-state index contributed by atoms with van der Waals surface area (Å²) in [5.41, 5.74) is 0. The highest BCUT2D eigenvalue weighted by molar-refractivity contribution is 5.84. The Balaban J connectivity index is 4.14. The second kappa shape index (κ2) is 10.1. The van der Waals surface area contributed by atoms with E-state index in [4.69, 9.17) is 0 Å². The van der Waals surface area contributed by atoms with Crippen LogP contribution in [-0.2, 0) is 4.79 Å². The van der Waals surface area contributed by atoms with Crippen molar-refractivity contribution in [3.8, 4) is 0 Å². The number of likely N-dealkylation sites (N-methyl/N-ethyl adjacent to an activating group) is 1. The quantitative estimate of drug-likeness (QED) is 0.309. The number of nitrogens with one attached hydrogen (secondary N) is 2. The van der Waals surface area contributed by atoms with Gasteiger partial charge in [0.25, 0.3) is 0 Å². The lowest BCUT2D eigenvalue weighted by molar-refractivity contribution is -0.135. The summed E-state index contributed by atoms with van der Waals surface area (Å²) in [6.45, 7) is 4.33. The molecule has 0 atom stereocenters. The highest BCUT2D eigenvalue weighted by Crippen LogP contribution is 2.21. The number of carbonyl (C=O) groups excluding carboxylic acids is 1. The van der Waals surface area contributed by atoms with Gasteiger partial charge in [-0.2, -0.15) is 13.2 Å². The van der Waals surface area contributed by atoms with Crippen molar-refractivity contribution in [1.82, 2.24) is 15.5 Å². The Morgan fingerprint density at radius 3 is 2.48 bits per heavy atom. The maximum absolute atomic E-state index is 12.0. The van der Waals surface area contributed by atoms with Gasteiger partial charge in [0.2, 0.25) is 5.91 Å². The molecule has 0 rings (SSSR count). The van der Waals surface area contributed by atoms with Crippen molar-refractivity contribution in [2.45, 2.75) is 25.4 Å². The molecule has 122 valence electrons. The predicted molar refractivity (Wildman–Crippen MR) is 77.1 cm³/mol. The zero-order chi connectivity index (χ0) is 16.3. The summed E-state index contributed by atoms with van der Waals surface area (Å²) < 4.78 is 36.0. The summed E-state index contributed by atoms with van der Waals surface area (Å²) in [5, 5.41) is 5.79. The Kier molecular flexibility index (Phi) is 9.23. The van der Waals surface area contributed by atoms with Gasteiger partial charge in [-0.3, -0.25) is 4.79 Å². The molecule has 0 heterocycles. The molecule has 0 fully saturated rings. The Bertz CT molecular complexity index is 354. The third kappa shape index (κ3) is 11.8. The average Bonchev–Trinajstić information content (AvgIpc) is 2.38. The number of carbonyl (C=O) groups is 1. The summed E-state index contributed by atoms with van der Waals surface area (Å²) >= 11 is 0. The first-order valence-corrected chi connectivity index (χ1v) is 6.66. The van der Waals surface area contributed by atoms with Gasteiger partial charge in [0, 0.05) is 33.6 Å². The smallest absolute Gasteiger partial charge is 0.356 e. The van der Waals surface area contributed by atoms with Crippen LogP contribution in [0, 0.1) is 0 Å². The highest BCUT2D eigenvalue weighted by Gasteiger charge is 2.25. The number of halogens is 3. The summed E-state index contributed by atoms with van der Waals surface area (Å²) in [7, 11) is 3.25. The molecule has 0 aliphatic rings. The zero-order valence-electron chi connectivity index (χ0n) is 12.5. The molecule has 0 aromatic heterocycles. The molecule has 0 aromatic carbocycles. The fraction of sp³-hybridized carbons (Fsp3) is 0.692. The Morgan fingerprint density at radius 1 is 1.29 bits per heavy atom. The van der Waals surface area contributed by atoms with Crippen molar-refractivity contribution in [3.63, 3.8) is 0 Å². The molecule has 0 aliphatic heterocycles. The molecule has 5 nitrogen and oxygen atoms in total. The van der Waals surface area contributed by atoms with Gasteiger partial charge >= 0.3 is 6.18 Å². The van der Waals surface area contributed by atoms with Gasteiger partial charge in [-0.15, -0.1) is 6.58 Å². The number of hydrogen-bond donors (Lipinski definition) is 2. The minimum atomic E-state index is -4.11. The zero-order valence-corrected chi connectivity index (χ0v) is 12.5. The van der Waals surface area contributed by atoms with Crippen LogP contribution in [0.1, 0.15) is 19.3 Å². The van der Waals surface area contributed by atoms with E-state index in [0.717, 1.165) is 0 Å². The number of hydrogen-bond acceptors (Lipinski definition) is 2. The number of amides is 1. The van der Waals surface area contributed by atoms with Crippen molar-refractivity contribution in [2.75, 3.05) is 33.7 Å². The molecule has 0 aromatic rings. The van der Waals surface area contributed by atoms with Crippen molar-refractivity contribution in [3.05, 3.63) is 12.7 Å². The van der Waals surface area contributed by atoms with E-state index in [1.165, 1.54) is 4.90 Å². The van der Waals surface area contributed by atoms with Crippen LogP contribution in [0.3, 0.4) is 0 Å². The number of alkyl halides is 3. The first-order valence-electron chi connectivity index (χ1n) is 6.66. The lowest BCUT2D eigenvalue weighted by Crippen LogP contribution is -2.39. The lowest BCUT2D eigenvalue weighted by Gasteiger charge is -2.13. The Labute approximate surface area is 123 Å². The number of unbranched alkanes of at least 4 members (excludes halogenated alkanes) is 1. The molecular weight excluding hydrogens is 285 g/mol. The van der Waals surface area contributed by atoms with Crippen molar-refractivity contribution >= 4 is 11.9 Å². The first kappa shape index (κ1) is 19.3. The number of guanidine groups is 1. The molecule has 0 saturated heterocycles. The van der Waals surface area contributed by atoms with Crippen LogP contribution in [0.2, 0.25) is 0 Å². The van der Waals surface area contributed by atoms with Gasteiger partial charge in [-0.25, -0.2) is 4.99 Å². The van der Waals surface area contributed by atoms with E-state index in [0.29, 0.717) is 25.5 Å². The average molecular weight is 308 g/mol. The molecule has 0 radical (unpaired) electrons. The number of nitrogens with zero attached hydrogens (tertiary/aromatic N) is 2. The van der Waals surface area contributed by atoms with E-state index in [9.17, 15) is 18.0 Å². The van der Waals surface area contributed by atoms with E-state index >= 15 is 0 Å². The minimum absolute atomic E-state index is 0.0258. The first-order chi connectivity index (χ1) is 9.76. The number of rotatable bonds is 8. The molecular formula is C13H23F3N4O. The summed E-state index contributed by atoms with van der Waals surface area (Å²) in [6.07, 6.45) is -2.86. The Hall–Kier alpha value is -1.73. The van der Waals surface area contributed by atoms with Crippen LogP contribution in [-0.4, -0.2) is 56.7 Å². The predicted octanol–water partition coefficient (Wildman–Crippen LogP) is 1.53. The standard InChI is InChI=1S/C13H23F3N4O/c1-4-8-17-12(19-10-11(21)20(2)3)18-9-6-5-7-13(14,15)16/h4H,1,5-10H2,2-3H3,(H2,17,18,19). The third-order valence-corrected chi connectivity index (χ3v) is 2.46. The van der Waals surface area contributed by atoms with Gasteiger partial charge in [-0.05, 0) is 12.8 Å². The fourth-order valence-electron chi connectivity index (χ4n) is 1.29. The third-order valence-electron chi connectivity index (χ3n) is 2.46. The van der Waals surface area contributed by atoms with E-state index in [1.807, 2.05) is 0 Å². The van der Waals surface area contributed by atoms with Gasteiger partial charge in [-0.1, -0.05) is 6.08 Å². The largest absolute Gasteiger partial charge is 0.389 e. The van der Waals surface area contributed by atoms with Crippen LogP contribution in [0.15, 0.2) is 17.6 Å². The summed E-state index contributed by atoms with van der Waals surface area (Å²) in [5.74, 6) is 0.226. The van der Waals surface area contributed by atoms with E-state index in [-0.39, 0.29) is 18.9 Å².